The molecule has 35 heavy (non-hydrogen) atoms. The maximum Gasteiger partial charge on any atom is 0.323 e. The summed E-state index contributed by atoms with van der Waals surface area (Å²) in [7, 11) is 1.56. The van der Waals surface area contributed by atoms with Crippen LogP contribution in [0.1, 0.15) is 16.7 Å². The number of urea groups is 1. The van der Waals surface area contributed by atoms with E-state index < -0.39 is 4.87 Å². The van der Waals surface area contributed by atoms with Crippen molar-refractivity contribution in [1.82, 2.24) is 4.90 Å². The number of hydrogen-bond donors (Lipinski definition) is 1. The molecule has 0 radical (unpaired) electrons. The molecule has 0 aromatic heterocycles. The van der Waals surface area contributed by atoms with E-state index in [1.165, 1.54) is 11.8 Å². The highest BCUT2D eigenvalue weighted by atomic mass is 35.5. The van der Waals surface area contributed by atoms with Crippen molar-refractivity contribution >= 4 is 46.7 Å². The highest BCUT2D eigenvalue weighted by Crippen LogP contribution is 2.55. The van der Waals surface area contributed by atoms with Crippen molar-refractivity contribution in [2.45, 2.75) is 11.4 Å². The van der Waals surface area contributed by atoms with Crippen LogP contribution >= 0.6 is 23.4 Å². The first-order valence-corrected chi connectivity index (χ1v) is 12.3. The quantitative estimate of drug-likeness (QED) is 0.527. The van der Waals surface area contributed by atoms with Crippen LogP contribution < -0.4 is 15.0 Å². The number of amides is 3. The van der Waals surface area contributed by atoms with Crippen LogP contribution in [0.25, 0.3) is 0 Å². The molecule has 1 spiro atoms. The normalized spacial score (nSPS) is 18.5. The third-order valence-electron chi connectivity index (χ3n) is 6.12. The first-order valence-electron chi connectivity index (χ1n) is 10.9. The minimum absolute atomic E-state index is 0.208. The Labute approximate surface area is 212 Å². The van der Waals surface area contributed by atoms with Gasteiger partial charge >= 0.3 is 6.03 Å². The number of thioether (sulfide) groups is 1. The summed E-state index contributed by atoms with van der Waals surface area (Å²) in [4.78, 5) is 29.6. The number of carbonyl (C=O) groups is 2. The minimum Gasteiger partial charge on any atom is -0.497 e. The molecule has 176 valence electrons. The Kier molecular flexibility index (Phi) is 6.05. The number of fused-ring (bicyclic) bond motifs is 2. The predicted octanol–water partition coefficient (Wildman–Crippen LogP) is 5.20. The second kappa shape index (κ2) is 9.17. The number of benzene rings is 3. The summed E-state index contributed by atoms with van der Waals surface area (Å²) < 4.78 is 5.25. The van der Waals surface area contributed by atoms with Crippen molar-refractivity contribution in [3.63, 3.8) is 0 Å². The lowest BCUT2D eigenvalue weighted by Crippen LogP contribution is -2.51. The molecule has 2 aliphatic heterocycles. The topological polar surface area (TPSA) is 85.7 Å². The summed E-state index contributed by atoms with van der Waals surface area (Å²) >= 11 is 7.79. The van der Waals surface area contributed by atoms with Crippen LogP contribution in [0.4, 0.5) is 16.2 Å². The van der Waals surface area contributed by atoms with Gasteiger partial charge < -0.3 is 15.0 Å². The smallest absolute Gasteiger partial charge is 0.323 e. The van der Waals surface area contributed by atoms with Crippen molar-refractivity contribution in [1.29, 1.82) is 5.26 Å². The molecule has 3 amide bonds. The van der Waals surface area contributed by atoms with E-state index >= 15 is 0 Å². The Bertz CT molecular complexity index is 1370. The number of carbonyl (C=O) groups excluding carboxylic acids is 2. The summed E-state index contributed by atoms with van der Waals surface area (Å²) in [5, 5.41) is 12.7. The molecule has 7 nitrogen and oxygen atoms in total. The van der Waals surface area contributed by atoms with Crippen LogP contribution in [0, 0.1) is 11.3 Å². The van der Waals surface area contributed by atoms with Crippen LogP contribution in [0.3, 0.4) is 0 Å². The van der Waals surface area contributed by atoms with Gasteiger partial charge in [0.15, 0.2) is 4.87 Å². The number of hydrogen-bond acceptors (Lipinski definition) is 5. The fourth-order valence-corrected chi connectivity index (χ4v) is 6.18. The van der Waals surface area contributed by atoms with Crippen molar-refractivity contribution in [3.8, 4) is 11.8 Å². The molecular formula is C26H21ClN4O3S. The van der Waals surface area contributed by atoms with E-state index in [0.717, 1.165) is 5.56 Å². The van der Waals surface area contributed by atoms with E-state index in [-0.39, 0.29) is 18.5 Å². The minimum atomic E-state index is -1.23. The molecule has 0 bridgehead atoms. The lowest BCUT2D eigenvalue weighted by Gasteiger charge is -2.33. The van der Waals surface area contributed by atoms with Gasteiger partial charge in [-0.3, -0.25) is 9.69 Å². The molecule has 3 aromatic rings. The number of ether oxygens (including phenoxy) is 1. The van der Waals surface area contributed by atoms with Gasteiger partial charge in [0.2, 0.25) is 0 Å². The van der Waals surface area contributed by atoms with Crippen molar-refractivity contribution in [2.24, 2.45) is 0 Å². The summed E-state index contributed by atoms with van der Waals surface area (Å²) in [6.45, 7) is 0.673. The number of methoxy groups -OCH3 is 1. The summed E-state index contributed by atoms with van der Waals surface area (Å²) in [5.41, 5.74) is 3.31. The summed E-state index contributed by atoms with van der Waals surface area (Å²) in [6.07, 6.45) is 0. The zero-order valence-corrected chi connectivity index (χ0v) is 20.4. The standard InChI is InChI=1S/C26H21ClN4O3S/c1-34-21-7-3-6-20(14-21)29-25(33)31-10-11-35-26(31)22-13-19(27)8-9-23(22)30(24(26)32)16-18-5-2-4-17(12-18)15-28/h2-9,12-14H,10-11,16H2,1H3,(H,29,33). The fourth-order valence-electron chi connectivity index (χ4n) is 4.56. The van der Waals surface area contributed by atoms with Crippen molar-refractivity contribution in [3.05, 3.63) is 88.4 Å². The molecule has 2 heterocycles. The average molecular weight is 505 g/mol. The SMILES string of the molecule is COc1cccc(NC(=O)N2CCSC23C(=O)N(Cc2cccc(C#N)c2)c2ccc(Cl)cc23)c1. The Balaban J connectivity index is 1.52. The molecule has 0 saturated carbocycles. The average Bonchev–Trinajstić information content (AvgIpc) is 3.41. The zero-order chi connectivity index (χ0) is 24.6. The van der Waals surface area contributed by atoms with Gasteiger partial charge in [-0.15, -0.1) is 11.8 Å². The van der Waals surface area contributed by atoms with Gasteiger partial charge in [0, 0.05) is 34.6 Å². The van der Waals surface area contributed by atoms with Crippen LogP contribution in [-0.2, 0) is 16.2 Å². The molecule has 1 saturated heterocycles. The molecule has 3 aromatic carbocycles. The number of nitrogens with one attached hydrogen (secondary N) is 1. The molecule has 2 aliphatic rings. The lowest BCUT2D eigenvalue weighted by molar-refractivity contribution is -0.123. The van der Waals surface area contributed by atoms with Crippen LogP contribution in [-0.4, -0.2) is 36.2 Å². The molecule has 1 atom stereocenters. The monoisotopic (exact) mass is 504 g/mol. The number of halogens is 1. The first-order chi connectivity index (χ1) is 17.0. The highest BCUT2D eigenvalue weighted by Gasteiger charge is 2.59. The van der Waals surface area contributed by atoms with Gasteiger partial charge in [-0.05, 0) is 48.0 Å². The second-order valence-corrected chi connectivity index (χ2v) is 9.90. The molecule has 5 rings (SSSR count). The van der Waals surface area contributed by atoms with Gasteiger partial charge in [0.1, 0.15) is 5.75 Å². The molecule has 9 heteroatoms. The van der Waals surface area contributed by atoms with Gasteiger partial charge in [0.25, 0.3) is 5.91 Å². The summed E-state index contributed by atoms with van der Waals surface area (Å²) in [5.74, 6) is 1.01. The van der Waals surface area contributed by atoms with Gasteiger partial charge in [-0.2, -0.15) is 5.26 Å². The highest BCUT2D eigenvalue weighted by molar-refractivity contribution is 8.01. The van der Waals surface area contributed by atoms with Crippen molar-refractivity contribution < 1.29 is 14.3 Å². The molecule has 1 fully saturated rings. The molecule has 1 unspecified atom stereocenters. The van der Waals surface area contributed by atoms with E-state index in [2.05, 4.69) is 11.4 Å². The van der Waals surface area contributed by atoms with Crippen LogP contribution in [0.2, 0.25) is 5.02 Å². The van der Waals surface area contributed by atoms with E-state index in [9.17, 15) is 14.9 Å². The largest absolute Gasteiger partial charge is 0.497 e. The van der Waals surface area contributed by atoms with E-state index in [1.54, 1.807) is 71.5 Å². The van der Waals surface area contributed by atoms with Gasteiger partial charge in [-0.1, -0.05) is 29.8 Å². The van der Waals surface area contributed by atoms with Crippen LogP contribution in [0.5, 0.6) is 5.75 Å². The zero-order valence-electron chi connectivity index (χ0n) is 18.8. The Hall–Kier alpha value is -3.67. The number of nitrogens with zero attached hydrogens (tertiary/aromatic N) is 3. The molecule has 0 aliphatic carbocycles. The lowest BCUT2D eigenvalue weighted by atomic mass is 10.1. The van der Waals surface area contributed by atoms with Crippen LogP contribution in [0.15, 0.2) is 66.7 Å². The van der Waals surface area contributed by atoms with E-state index in [4.69, 9.17) is 16.3 Å². The fraction of sp³-hybridized carbons (Fsp3) is 0.192. The third-order valence-corrected chi connectivity index (χ3v) is 7.77. The number of nitriles is 1. The predicted molar refractivity (Wildman–Crippen MR) is 137 cm³/mol. The first kappa shape index (κ1) is 23.1. The number of rotatable bonds is 4. The van der Waals surface area contributed by atoms with Crippen molar-refractivity contribution in [2.75, 3.05) is 29.6 Å². The maximum absolute atomic E-state index is 14.1. The maximum atomic E-state index is 14.1. The molecule has 1 N–H and O–H groups in total. The Morgan fingerprint density at radius 1 is 1.20 bits per heavy atom. The number of anilines is 2. The van der Waals surface area contributed by atoms with E-state index in [0.29, 0.717) is 45.6 Å². The van der Waals surface area contributed by atoms with Gasteiger partial charge in [-0.25, -0.2) is 4.79 Å². The Morgan fingerprint density at radius 3 is 2.83 bits per heavy atom. The summed E-state index contributed by atoms with van der Waals surface area (Å²) in [6, 6.07) is 21.3. The second-order valence-electron chi connectivity index (χ2n) is 8.17. The third kappa shape index (κ3) is 3.97. The van der Waals surface area contributed by atoms with E-state index in [1.807, 2.05) is 12.1 Å². The molecular weight excluding hydrogens is 484 g/mol. The van der Waals surface area contributed by atoms with Gasteiger partial charge in [0.05, 0.1) is 31.0 Å². The Morgan fingerprint density at radius 2 is 2.03 bits per heavy atom.